The normalized spacial score (nSPS) is 14.4. The lowest BCUT2D eigenvalue weighted by Gasteiger charge is -2.30. The molecule has 1 saturated heterocycles. The summed E-state index contributed by atoms with van der Waals surface area (Å²) in [7, 11) is 0. The van der Waals surface area contributed by atoms with E-state index in [4.69, 9.17) is 16.3 Å². The maximum absolute atomic E-state index is 13.1. The molecule has 0 spiro atoms. The summed E-state index contributed by atoms with van der Waals surface area (Å²) in [6.07, 6.45) is 5.68. The van der Waals surface area contributed by atoms with Gasteiger partial charge in [0.15, 0.2) is 0 Å². The predicted octanol–water partition coefficient (Wildman–Crippen LogP) is 4.66. The molecule has 2 amide bonds. The zero-order valence-electron chi connectivity index (χ0n) is 17.4. The quantitative estimate of drug-likeness (QED) is 0.583. The number of ether oxygens (including phenoxy) is 1. The van der Waals surface area contributed by atoms with Crippen LogP contribution in [-0.4, -0.2) is 40.5 Å². The lowest BCUT2D eigenvalue weighted by atomic mass is 9.99. The van der Waals surface area contributed by atoms with Crippen molar-refractivity contribution >= 4 is 17.6 Å². The van der Waals surface area contributed by atoms with E-state index < -0.39 is 0 Å². The molecule has 0 unspecified atom stereocenters. The topological polar surface area (TPSA) is 59.4 Å². The highest BCUT2D eigenvalue weighted by Crippen LogP contribution is 2.18. The zero-order chi connectivity index (χ0) is 21.5. The van der Waals surface area contributed by atoms with Crippen molar-refractivity contribution in [2.45, 2.75) is 25.9 Å². The predicted molar refractivity (Wildman–Crippen MR) is 121 cm³/mol. The summed E-state index contributed by atoms with van der Waals surface area (Å²) in [6, 6.07) is 17.5. The standard InChI is InChI=1S/C24H27ClN4O2/c25-22-6-8-23(9-7-22)29-18-21(15-27-29)14-26-24(30)28(16-19-4-2-1-3-5-19)17-20-10-12-31-13-11-20/h1-9,15,18,20H,10-14,16-17H2,(H,26,30). The first-order valence-electron chi connectivity index (χ1n) is 10.6. The van der Waals surface area contributed by atoms with Crippen LogP contribution in [-0.2, 0) is 17.8 Å². The van der Waals surface area contributed by atoms with Gasteiger partial charge in [0.1, 0.15) is 0 Å². The van der Waals surface area contributed by atoms with Gasteiger partial charge in [-0.15, -0.1) is 0 Å². The molecular weight excluding hydrogens is 412 g/mol. The van der Waals surface area contributed by atoms with Gasteiger partial charge in [0.2, 0.25) is 0 Å². The number of rotatable bonds is 7. The lowest BCUT2D eigenvalue weighted by molar-refractivity contribution is 0.0555. The second-order valence-corrected chi connectivity index (χ2v) is 8.29. The van der Waals surface area contributed by atoms with E-state index in [2.05, 4.69) is 22.5 Å². The number of benzene rings is 2. The van der Waals surface area contributed by atoms with Crippen LogP contribution in [0, 0.1) is 5.92 Å². The Labute approximate surface area is 187 Å². The molecule has 0 atom stereocenters. The molecule has 2 aromatic carbocycles. The van der Waals surface area contributed by atoms with E-state index in [1.54, 1.807) is 10.9 Å². The summed E-state index contributed by atoms with van der Waals surface area (Å²) in [5.41, 5.74) is 2.99. The molecule has 3 aromatic rings. The Bertz CT molecular complexity index is 969. The van der Waals surface area contributed by atoms with Gasteiger partial charge in [0, 0.05) is 49.6 Å². The number of carbonyl (C=O) groups excluding carboxylic acids is 1. The number of nitrogens with zero attached hydrogens (tertiary/aromatic N) is 3. The van der Waals surface area contributed by atoms with Gasteiger partial charge < -0.3 is 15.0 Å². The van der Waals surface area contributed by atoms with Crippen molar-refractivity contribution in [2.24, 2.45) is 5.92 Å². The minimum Gasteiger partial charge on any atom is -0.381 e. The molecule has 1 aliphatic heterocycles. The van der Waals surface area contributed by atoms with Crippen molar-refractivity contribution in [2.75, 3.05) is 19.8 Å². The molecule has 7 heteroatoms. The van der Waals surface area contributed by atoms with Gasteiger partial charge in [-0.3, -0.25) is 0 Å². The number of amides is 2. The molecule has 1 N–H and O–H groups in total. The highest BCUT2D eigenvalue weighted by atomic mass is 35.5. The third kappa shape index (κ3) is 6.09. The number of aromatic nitrogens is 2. The van der Waals surface area contributed by atoms with Crippen molar-refractivity contribution in [3.05, 3.63) is 83.1 Å². The molecule has 1 aromatic heterocycles. The van der Waals surface area contributed by atoms with Gasteiger partial charge in [-0.2, -0.15) is 5.10 Å². The first kappa shape index (κ1) is 21.4. The van der Waals surface area contributed by atoms with Gasteiger partial charge in [-0.1, -0.05) is 41.9 Å². The van der Waals surface area contributed by atoms with Crippen molar-refractivity contribution in [3.8, 4) is 5.69 Å². The van der Waals surface area contributed by atoms with Crippen LogP contribution >= 0.6 is 11.6 Å². The molecule has 1 aliphatic rings. The maximum atomic E-state index is 13.1. The number of nitrogens with one attached hydrogen (secondary N) is 1. The third-order valence-corrected chi connectivity index (χ3v) is 5.75. The first-order valence-corrected chi connectivity index (χ1v) is 11.0. The minimum atomic E-state index is -0.0606. The zero-order valence-corrected chi connectivity index (χ0v) is 18.2. The average Bonchev–Trinajstić information content (AvgIpc) is 3.28. The third-order valence-electron chi connectivity index (χ3n) is 5.49. The van der Waals surface area contributed by atoms with Crippen LogP contribution in [0.1, 0.15) is 24.0 Å². The van der Waals surface area contributed by atoms with Crippen LogP contribution in [0.3, 0.4) is 0 Å². The summed E-state index contributed by atoms with van der Waals surface area (Å²) < 4.78 is 7.25. The average molecular weight is 439 g/mol. The Morgan fingerprint density at radius 2 is 1.84 bits per heavy atom. The van der Waals surface area contributed by atoms with Crippen LogP contribution in [0.5, 0.6) is 0 Å². The minimum absolute atomic E-state index is 0.0606. The van der Waals surface area contributed by atoms with E-state index in [-0.39, 0.29) is 6.03 Å². The fourth-order valence-electron chi connectivity index (χ4n) is 3.74. The number of carbonyl (C=O) groups is 1. The Morgan fingerprint density at radius 3 is 2.58 bits per heavy atom. The van der Waals surface area contributed by atoms with E-state index in [0.29, 0.717) is 24.0 Å². The Hall–Kier alpha value is -2.83. The van der Waals surface area contributed by atoms with Crippen molar-refractivity contribution < 1.29 is 9.53 Å². The van der Waals surface area contributed by atoms with E-state index in [1.165, 1.54) is 0 Å². The summed E-state index contributed by atoms with van der Waals surface area (Å²) in [5, 5.41) is 8.15. The number of hydrogen-bond donors (Lipinski definition) is 1. The Balaban J connectivity index is 1.38. The Kier molecular flexibility index (Phi) is 7.22. The van der Waals surface area contributed by atoms with Gasteiger partial charge >= 0.3 is 6.03 Å². The van der Waals surface area contributed by atoms with Crippen LogP contribution in [0.25, 0.3) is 5.69 Å². The molecule has 1 fully saturated rings. The molecule has 2 heterocycles. The fraction of sp³-hybridized carbons (Fsp3) is 0.333. The largest absolute Gasteiger partial charge is 0.381 e. The monoisotopic (exact) mass is 438 g/mol. The molecule has 6 nitrogen and oxygen atoms in total. The lowest BCUT2D eigenvalue weighted by Crippen LogP contribution is -2.42. The van der Waals surface area contributed by atoms with Gasteiger partial charge in [-0.05, 0) is 48.6 Å². The summed E-state index contributed by atoms with van der Waals surface area (Å²) >= 11 is 5.96. The fourth-order valence-corrected chi connectivity index (χ4v) is 3.87. The highest BCUT2D eigenvalue weighted by Gasteiger charge is 2.21. The van der Waals surface area contributed by atoms with Crippen LogP contribution < -0.4 is 5.32 Å². The SMILES string of the molecule is O=C(NCc1cnn(-c2ccc(Cl)cc2)c1)N(Cc1ccccc1)CC1CCOCC1. The summed E-state index contributed by atoms with van der Waals surface area (Å²) in [4.78, 5) is 15.0. The second-order valence-electron chi connectivity index (χ2n) is 7.85. The van der Waals surface area contributed by atoms with E-state index in [1.807, 2.05) is 53.6 Å². The van der Waals surface area contributed by atoms with E-state index >= 15 is 0 Å². The van der Waals surface area contributed by atoms with Gasteiger partial charge in [0.25, 0.3) is 0 Å². The molecule has 162 valence electrons. The van der Waals surface area contributed by atoms with Crippen molar-refractivity contribution in [3.63, 3.8) is 0 Å². The first-order chi connectivity index (χ1) is 15.2. The number of hydrogen-bond acceptors (Lipinski definition) is 3. The van der Waals surface area contributed by atoms with Crippen LogP contribution in [0.15, 0.2) is 67.0 Å². The molecule has 0 aliphatic carbocycles. The Morgan fingerprint density at radius 1 is 1.10 bits per heavy atom. The van der Waals surface area contributed by atoms with Crippen molar-refractivity contribution in [1.29, 1.82) is 0 Å². The van der Waals surface area contributed by atoms with Gasteiger partial charge in [-0.25, -0.2) is 9.48 Å². The molecule has 31 heavy (non-hydrogen) atoms. The molecule has 4 rings (SSSR count). The smallest absolute Gasteiger partial charge is 0.317 e. The van der Waals surface area contributed by atoms with Crippen molar-refractivity contribution in [1.82, 2.24) is 20.0 Å². The number of halogens is 1. The van der Waals surface area contributed by atoms with E-state index in [9.17, 15) is 4.79 Å². The molecule has 0 saturated carbocycles. The van der Waals surface area contributed by atoms with Crippen LogP contribution in [0.4, 0.5) is 4.79 Å². The molecule has 0 radical (unpaired) electrons. The van der Waals surface area contributed by atoms with Crippen LogP contribution in [0.2, 0.25) is 5.02 Å². The number of urea groups is 1. The summed E-state index contributed by atoms with van der Waals surface area (Å²) in [5.74, 6) is 0.468. The molecular formula is C24H27ClN4O2. The highest BCUT2D eigenvalue weighted by molar-refractivity contribution is 6.30. The maximum Gasteiger partial charge on any atom is 0.317 e. The summed E-state index contributed by atoms with van der Waals surface area (Å²) in [6.45, 7) is 3.29. The molecule has 0 bridgehead atoms. The van der Waals surface area contributed by atoms with Gasteiger partial charge in [0.05, 0.1) is 11.9 Å². The van der Waals surface area contributed by atoms with E-state index in [0.717, 1.165) is 49.4 Å². The second kappa shape index (κ2) is 10.5.